The van der Waals surface area contributed by atoms with Gasteiger partial charge in [0.25, 0.3) is 0 Å². The van der Waals surface area contributed by atoms with Gasteiger partial charge in [-0.2, -0.15) is 0 Å². The van der Waals surface area contributed by atoms with Gasteiger partial charge in [0.15, 0.2) is 11.5 Å². The molecule has 0 saturated carbocycles. The van der Waals surface area contributed by atoms with Gasteiger partial charge >= 0.3 is 17.6 Å². The summed E-state index contributed by atoms with van der Waals surface area (Å²) in [6, 6.07) is 12.1. The number of aliphatic hydroxyl groups is 1. The molecular formula is C20H22ClN3O5. The van der Waals surface area contributed by atoms with Crippen molar-refractivity contribution in [3.8, 4) is 11.5 Å². The summed E-state index contributed by atoms with van der Waals surface area (Å²) < 4.78 is 10.6. The van der Waals surface area contributed by atoms with E-state index in [-0.39, 0.29) is 17.5 Å². The molecule has 6 N–H and O–H groups in total. The number of rotatable bonds is 8. The number of carbonyl (C=O) groups excluding carboxylic acids is 2. The first kappa shape index (κ1) is 20.9. The molecule has 1 heterocycles. The zero-order chi connectivity index (χ0) is 21.2. The molecular weight excluding hydrogens is 398 g/mol. The zero-order valence-electron chi connectivity index (χ0n) is 15.7. The largest absolute Gasteiger partial charge is 0.433 e. The van der Waals surface area contributed by atoms with Gasteiger partial charge in [0, 0.05) is 17.6 Å². The van der Waals surface area contributed by atoms with Crippen LogP contribution in [-0.2, 0) is 16.0 Å². The van der Waals surface area contributed by atoms with Crippen molar-refractivity contribution in [1.82, 2.24) is 5.32 Å². The highest BCUT2D eigenvalue weighted by Gasteiger charge is 2.54. The molecule has 1 aliphatic heterocycles. The minimum Gasteiger partial charge on any atom is -0.433 e. The van der Waals surface area contributed by atoms with Crippen LogP contribution in [-0.4, -0.2) is 35.3 Å². The first-order valence-corrected chi connectivity index (χ1v) is 9.36. The molecule has 0 spiro atoms. The van der Waals surface area contributed by atoms with Gasteiger partial charge < -0.3 is 31.4 Å². The van der Waals surface area contributed by atoms with Crippen molar-refractivity contribution in [2.75, 3.05) is 6.54 Å². The molecule has 0 fully saturated rings. The molecule has 8 nitrogen and oxygen atoms in total. The maximum absolute atomic E-state index is 11.6. The lowest BCUT2D eigenvalue weighted by Crippen LogP contribution is -2.60. The predicted molar refractivity (Wildman–Crippen MR) is 106 cm³/mol. The van der Waals surface area contributed by atoms with Crippen molar-refractivity contribution in [3.63, 3.8) is 0 Å². The molecule has 3 rings (SSSR count). The number of carbonyl (C=O) groups is 2. The molecule has 2 atom stereocenters. The number of amides is 2. The minimum absolute atomic E-state index is 0.0150. The molecule has 2 amide bonds. The van der Waals surface area contributed by atoms with Crippen LogP contribution in [0.1, 0.15) is 24.2 Å². The van der Waals surface area contributed by atoms with E-state index in [1.165, 1.54) is 0 Å². The smallest absolute Gasteiger partial charge is 0.414 e. The molecule has 9 heteroatoms. The van der Waals surface area contributed by atoms with Crippen LogP contribution >= 0.6 is 11.6 Å². The van der Waals surface area contributed by atoms with Crippen molar-refractivity contribution in [3.05, 3.63) is 58.6 Å². The first-order chi connectivity index (χ1) is 13.7. The molecule has 2 aromatic carbocycles. The number of nitrogens with one attached hydrogen (secondary N) is 1. The van der Waals surface area contributed by atoms with Crippen LogP contribution in [0.4, 0.5) is 0 Å². The van der Waals surface area contributed by atoms with E-state index in [4.69, 9.17) is 32.5 Å². The molecule has 0 saturated heterocycles. The third-order valence-corrected chi connectivity index (χ3v) is 4.83. The van der Waals surface area contributed by atoms with Crippen LogP contribution in [0.5, 0.6) is 11.5 Å². The third kappa shape index (κ3) is 4.45. The van der Waals surface area contributed by atoms with Crippen LogP contribution < -0.4 is 26.3 Å². The highest BCUT2D eigenvalue weighted by molar-refractivity contribution is 6.30. The van der Waals surface area contributed by atoms with E-state index < -0.39 is 23.7 Å². The van der Waals surface area contributed by atoms with Gasteiger partial charge in [-0.15, -0.1) is 0 Å². The van der Waals surface area contributed by atoms with Gasteiger partial charge in [-0.25, -0.2) is 0 Å². The van der Waals surface area contributed by atoms with Gasteiger partial charge in [-0.3, -0.25) is 9.59 Å². The van der Waals surface area contributed by atoms with Gasteiger partial charge in [0.1, 0.15) is 0 Å². The SMILES string of the molecule is CC(Cc1ccc2c(c1)OC(C(N)=O)(C(N)=O)O2)NCC(O)c1cccc(Cl)c1. The second-order valence-corrected chi connectivity index (χ2v) is 7.35. The number of ether oxygens (including phenoxy) is 2. The van der Waals surface area contributed by atoms with E-state index in [2.05, 4.69) is 5.32 Å². The molecule has 1 aliphatic rings. The molecule has 0 aromatic heterocycles. The Morgan fingerprint density at radius 2 is 1.83 bits per heavy atom. The maximum atomic E-state index is 11.6. The predicted octanol–water partition coefficient (Wildman–Crippen LogP) is 1.03. The summed E-state index contributed by atoms with van der Waals surface area (Å²) in [6.07, 6.45) is -0.0985. The second-order valence-electron chi connectivity index (χ2n) is 6.91. The fraction of sp³-hybridized carbons (Fsp3) is 0.300. The molecule has 154 valence electrons. The van der Waals surface area contributed by atoms with E-state index in [1.807, 2.05) is 13.0 Å². The summed E-state index contributed by atoms with van der Waals surface area (Å²) in [5.41, 5.74) is 12.1. The molecule has 2 unspecified atom stereocenters. The molecule has 29 heavy (non-hydrogen) atoms. The Morgan fingerprint density at radius 3 is 2.48 bits per heavy atom. The maximum Gasteiger partial charge on any atom is 0.414 e. The van der Waals surface area contributed by atoms with Crippen molar-refractivity contribution >= 4 is 23.4 Å². The van der Waals surface area contributed by atoms with Gasteiger partial charge in [-0.1, -0.05) is 29.8 Å². The summed E-state index contributed by atoms with van der Waals surface area (Å²) >= 11 is 5.95. The van der Waals surface area contributed by atoms with E-state index in [9.17, 15) is 14.7 Å². The van der Waals surface area contributed by atoms with Crippen LogP contribution in [0.3, 0.4) is 0 Å². The fourth-order valence-corrected chi connectivity index (χ4v) is 3.27. The second kappa shape index (κ2) is 8.28. The summed E-state index contributed by atoms with van der Waals surface area (Å²) in [5, 5.41) is 14.1. The van der Waals surface area contributed by atoms with Crippen molar-refractivity contribution in [1.29, 1.82) is 0 Å². The van der Waals surface area contributed by atoms with Crippen LogP contribution in [0.15, 0.2) is 42.5 Å². The average molecular weight is 420 g/mol. The zero-order valence-corrected chi connectivity index (χ0v) is 16.5. The van der Waals surface area contributed by atoms with E-state index >= 15 is 0 Å². The molecule has 0 aliphatic carbocycles. The molecule has 0 bridgehead atoms. The first-order valence-electron chi connectivity index (χ1n) is 8.99. The van der Waals surface area contributed by atoms with Gasteiger partial charge in [0.2, 0.25) is 0 Å². The van der Waals surface area contributed by atoms with Crippen LogP contribution in [0.25, 0.3) is 0 Å². The summed E-state index contributed by atoms with van der Waals surface area (Å²) in [4.78, 5) is 23.2. The number of nitrogens with two attached hydrogens (primary N) is 2. The summed E-state index contributed by atoms with van der Waals surface area (Å²) in [5.74, 6) is -4.14. The van der Waals surface area contributed by atoms with E-state index in [1.54, 1.807) is 36.4 Å². The Kier molecular flexibility index (Phi) is 5.97. The quantitative estimate of drug-likeness (QED) is 0.472. The Balaban J connectivity index is 1.61. The average Bonchev–Trinajstić information content (AvgIpc) is 3.06. The van der Waals surface area contributed by atoms with Crippen molar-refractivity contribution in [2.24, 2.45) is 11.5 Å². The van der Waals surface area contributed by atoms with Crippen molar-refractivity contribution < 1.29 is 24.2 Å². The molecule has 2 aromatic rings. The monoisotopic (exact) mass is 419 g/mol. The van der Waals surface area contributed by atoms with E-state index in [0.29, 0.717) is 18.0 Å². The van der Waals surface area contributed by atoms with E-state index in [0.717, 1.165) is 11.1 Å². The number of fused-ring (bicyclic) bond motifs is 1. The normalized spacial score (nSPS) is 16.2. The Hall–Kier alpha value is -2.81. The van der Waals surface area contributed by atoms with Crippen LogP contribution in [0, 0.1) is 0 Å². The van der Waals surface area contributed by atoms with Crippen LogP contribution in [0.2, 0.25) is 5.02 Å². The molecule has 0 radical (unpaired) electrons. The summed E-state index contributed by atoms with van der Waals surface area (Å²) in [7, 11) is 0. The highest BCUT2D eigenvalue weighted by atomic mass is 35.5. The number of hydrogen-bond acceptors (Lipinski definition) is 6. The highest BCUT2D eigenvalue weighted by Crippen LogP contribution is 2.40. The van der Waals surface area contributed by atoms with Crippen molar-refractivity contribution in [2.45, 2.75) is 31.3 Å². The topological polar surface area (TPSA) is 137 Å². The number of primary amides is 2. The lowest BCUT2D eigenvalue weighted by atomic mass is 10.1. The third-order valence-electron chi connectivity index (χ3n) is 4.60. The lowest BCUT2D eigenvalue weighted by molar-refractivity contribution is -0.166. The number of aliphatic hydroxyl groups excluding tert-OH is 1. The Morgan fingerprint density at radius 1 is 1.14 bits per heavy atom. The fourth-order valence-electron chi connectivity index (χ4n) is 3.07. The number of halogens is 1. The number of hydrogen-bond donors (Lipinski definition) is 4. The lowest BCUT2D eigenvalue weighted by Gasteiger charge is -2.19. The Labute approximate surface area is 172 Å². The van der Waals surface area contributed by atoms with Gasteiger partial charge in [0.05, 0.1) is 6.10 Å². The van der Waals surface area contributed by atoms with Gasteiger partial charge in [-0.05, 0) is 48.7 Å². The standard InChI is InChI=1S/C20H22ClN3O5/c1-11(24-10-15(25)13-3-2-4-14(21)9-13)7-12-5-6-16-17(8-12)29-20(28-16,18(22)26)19(23)27/h2-6,8-9,11,15,24-25H,7,10H2,1H3,(H2,22,26)(H2,23,27). The minimum atomic E-state index is -2.33. The summed E-state index contributed by atoms with van der Waals surface area (Å²) in [6.45, 7) is 2.31. The Bertz CT molecular complexity index is 922. The number of benzene rings is 2.